The second-order valence-corrected chi connectivity index (χ2v) is 7.99. The maximum absolute atomic E-state index is 12.1. The number of amides is 2. The van der Waals surface area contributed by atoms with Crippen molar-refractivity contribution in [3.8, 4) is 0 Å². The van der Waals surface area contributed by atoms with Crippen LogP contribution in [0.15, 0.2) is 39.9 Å². The maximum atomic E-state index is 12.1. The molecule has 2 amide bonds. The molecule has 0 aliphatic heterocycles. The number of hydrogen-bond acceptors (Lipinski definition) is 5. The number of primary amides is 1. The molecule has 1 aromatic heterocycles. The molecule has 0 aliphatic rings. The standard InChI is InChI=1S/C15H17N3O4S2/c1-10-3-2-4-12(7-10)18-13(19)5-6-17-24(21,22)14-8-11(9-23-14)15(16)20/h2-4,7-9,17H,5-6H2,1H3,(H2,16,20)(H,18,19). The highest BCUT2D eigenvalue weighted by atomic mass is 32.2. The summed E-state index contributed by atoms with van der Waals surface area (Å²) in [5.74, 6) is -0.988. The highest BCUT2D eigenvalue weighted by molar-refractivity contribution is 7.91. The Morgan fingerprint density at radius 2 is 2.00 bits per heavy atom. The lowest BCUT2D eigenvalue weighted by molar-refractivity contribution is -0.116. The van der Waals surface area contributed by atoms with Gasteiger partial charge in [0.25, 0.3) is 0 Å². The van der Waals surface area contributed by atoms with E-state index in [1.165, 1.54) is 11.4 Å². The van der Waals surface area contributed by atoms with E-state index in [0.717, 1.165) is 16.9 Å². The van der Waals surface area contributed by atoms with Crippen molar-refractivity contribution in [1.29, 1.82) is 0 Å². The van der Waals surface area contributed by atoms with Gasteiger partial charge in [0.1, 0.15) is 4.21 Å². The van der Waals surface area contributed by atoms with E-state index >= 15 is 0 Å². The number of nitrogens with one attached hydrogen (secondary N) is 2. The summed E-state index contributed by atoms with van der Waals surface area (Å²) in [6.07, 6.45) is -0.0127. The zero-order chi connectivity index (χ0) is 17.7. The zero-order valence-corrected chi connectivity index (χ0v) is 14.5. The van der Waals surface area contributed by atoms with Crippen molar-refractivity contribution in [2.24, 2.45) is 5.73 Å². The molecular weight excluding hydrogens is 350 g/mol. The fraction of sp³-hybridized carbons (Fsp3) is 0.200. The Labute approximate surface area is 143 Å². The third kappa shape index (κ3) is 4.88. The molecule has 0 fully saturated rings. The molecule has 0 radical (unpaired) electrons. The number of carbonyl (C=O) groups excluding carboxylic acids is 2. The average Bonchev–Trinajstić information content (AvgIpc) is 2.97. The summed E-state index contributed by atoms with van der Waals surface area (Å²) < 4.78 is 26.4. The van der Waals surface area contributed by atoms with Crippen molar-refractivity contribution < 1.29 is 18.0 Å². The summed E-state index contributed by atoms with van der Waals surface area (Å²) >= 11 is 0.896. The van der Waals surface area contributed by atoms with Gasteiger partial charge in [-0.05, 0) is 30.7 Å². The van der Waals surface area contributed by atoms with Crippen molar-refractivity contribution in [3.05, 3.63) is 46.8 Å². The Hall–Kier alpha value is -2.23. The molecule has 0 bridgehead atoms. The van der Waals surface area contributed by atoms with E-state index in [-0.39, 0.29) is 28.6 Å². The third-order valence-corrected chi connectivity index (χ3v) is 5.97. The normalized spacial score (nSPS) is 11.2. The number of carbonyl (C=O) groups is 2. The van der Waals surface area contributed by atoms with Gasteiger partial charge >= 0.3 is 0 Å². The minimum atomic E-state index is -3.77. The second-order valence-electron chi connectivity index (χ2n) is 5.08. The molecular formula is C15H17N3O4S2. The van der Waals surface area contributed by atoms with Gasteiger partial charge in [0.15, 0.2) is 0 Å². The van der Waals surface area contributed by atoms with Crippen molar-refractivity contribution >= 4 is 38.9 Å². The Morgan fingerprint density at radius 3 is 2.62 bits per heavy atom. The minimum absolute atomic E-state index is 0.0127. The van der Waals surface area contributed by atoms with E-state index < -0.39 is 15.9 Å². The molecule has 0 saturated carbocycles. The first-order valence-electron chi connectivity index (χ1n) is 7.02. The smallest absolute Gasteiger partial charge is 0.250 e. The summed E-state index contributed by atoms with van der Waals surface area (Å²) in [6.45, 7) is 1.86. The van der Waals surface area contributed by atoms with Gasteiger partial charge in [0.2, 0.25) is 21.8 Å². The van der Waals surface area contributed by atoms with Crippen LogP contribution in [0.3, 0.4) is 0 Å². The third-order valence-electron chi connectivity index (χ3n) is 3.07. The van der Waals surface area contributed by atoms with Crippen LogP contribution in [0, 0.1) is 6.92 Å². The van der Waals surface area contributed by atoms with Crippen LogP contribution in [0.4, 0.5) is 5.69 Å². The predicted molar refractivity (Wildman–Crippen MR) is 92.5 cm³/mol. The van der Waals surface area contributed by atoms with Crippen LogP contribution in [-0.2, 0) is 14.8 Å². The fourth-order valence-electron chi connectivity index (χ4n) is 1.90. The molecule has 0 unspecified atom stereocenters. The van der Waals surface area contributed by atoms with E-state index in [1.54, 1.807) is 6.07 Å². The molecule has 1 aromatic carbocycles. The monoisotopic (exact) mass is 367 g/mol. The first kappa shape index (κ1) is 18.1. The number of benzene rings is 1. The molecule has 7 nitrogen and oxygen atoms in total. The quantitative estimate of drug-likeness (QED) is 0.686. The predicted octanol–water partition coefficient (Wildman–Crippen LogP) is 1.46. The van der Waals surface area contributed by atoms with Gasteiger partial charge in [-0.15, -0.1) is 11.3 Å². The number of hydrogen-bond donors (Lipinski definition) is 3. The van der Waals surface area contributed by atoms with Crippen molar-refractivity contribution in [2.45, 2.75) is 17.6 Å². The maximum Gasteiger partial charge on any atom is 0.250 e. The Morgan fingerprint density at radius 1 is 1.25 bits per heavy atom. The van der Waals surface area contributed by atoms with Gasteiger partial charge in [-0.2, -0.15) is 0 Å². The first-order chi connectivity index (χ1) is 11.3. The van der Waals surface area contributed by atoms with Gasteiger partial charge in [-0.25, -0.2) is 13.1 Å². The highest BCUT2D eigenvalue weighted by Gasteiger charge is 2.18. The molecule has 0 aliphatic carbocycles. The first-order valence-corrected chi connectivity index (χ1v) is 9.39. The molecule has 128 valence electrons. The summed E-state index contributed by atoms with van der Waals surface area (Å²) in [4.78, 5) is 22.8. The number of nitrogens with two attached hydrogens (primary N) is 1. The van der Waals surface area contributed by atoms with E-state index in [1.807, 2.05) is 25.1 Å². The summed E-state index contributed by atoms with van der Waals surface area (Å²) in [5.41, 5.74) is 6.90. The minimum Gasteiger partial charge on any atom is -0.366 e. The van der Waals surface area contributed by atoms with Crippen LogP contribution in [0.2, 0.25) is 0 Å². The number of anilines is 1. The lowest BCUT2D eigenvalue weighted by Gasteiger charge is -2.07. The van der Waals surface area contributed by atoms with Crippen LogP contribution in [0.5, 0.6) is 0 Å². The number of rotatable bonds is 7. The molecule has 1 heterocycles. The lowest BCUT2D eigenvalue weighted by Crippen LogP contribution is -2.27. The Kier molecular flexibility index (Phi) is 5.71. The van der Waals surface area contributed by atoms with Gasteiger partial charge in [-0.3, -0.25) is 9.59 Å². The van der Waals surface area contributed by atoms with Crippen molar-refractivity contribution in [3.63, 3.8) is 0 Å². The van der Waals surface area contributed by atoms with Crippen LogP contribution in [-0.4, -0.2) is 26.8 Å². The SMILES string of the molecule is Cc1cccc(NC(=O)CCNS(=O)(=O)c2cc(C(N)=O)cs2)c1. The van der Waals surface area contributed by atoms with E-state index in [9.17, 15) is 18.0 Å². The average molecular weight is 367 g/mol. The molecule has 24 heavy (non-hydrogen) atoms. The van der Waals surface area contributed by atoms with Crippen LogP contribution in [0.25, 0.3) is 0 Å². The molecule has 0 saturated heterocycles. The number of thiophene rings is 1. The van der Waals surface area contributed by atoms with Crippen LogP contribution < -0.4 is 15.8 Å². The molecule has 2 aromatic rings. The topological polar surface area (TPSA) is 118 Å². The Balaban J connectivity index is 1.88. The summed E-state index contributed by atoms with van der Waals surface area (Å²) in [7, 11) is -3.77. The van der Waals surface area contributed by atoms with Crippen molar-refractivity contribution in [2.75, 3.05) is 11.9 Å². The molecule has 0 spiro atoms. The molecule has 2 rings (SSSR count). The Bertz CT molecular complexity index is 859. The van der Waals surface area contributed by atoms with Crippen LogP contribution in [0.1, 0.15) is 22.3 Å². The largest absolute Gasteiger partial charge is 0.366 e. The lowest BCUT2D eigenvalue weighted by atomic mass is 10.2. The molecule has 9 heteroatoms. The van der Waals surface area contributed by atoms with Crippen LogP contribution >= 0.6 is 11.3 Å². The van der Waals surface area contributed by atoms with Gasteiger partial charge in [0.05, 0.1) is 5.56 Å². The fourth-order valence-corrected chi connectivity index (χ4v) is 4.15. The van der Waals surface area contributed by atoms with Gasteiger partial charge < -0.3 is 11.1 Å². The zero-order valence-electron chi connectivity index (χ0n) is 12.9. The highest BCUT2D eigenvalue weighted by Crippen LogP contribution is 2.19. The second kappa shape index (κ2) is 7.56. The number of sulfonamides is 1. The van der Waals surface area contributed by atoms with E-state index in [0.29, 0.717) is 5.69 Å². The summed E-state index contributed by atoms with van der Waals surface area (Å²) in [6, 6.07) is 8.51. The van der Waals surface area contributed by atoms with Gasteiger partial charge in [0, 0.05) is 24.0 Å². The molecule has 0 atom stereocenters. The van der Waals surface area contributed by atoms with Gasteiger partial charge in [-0.1, -0.05) is 12.1 Å². The van der Waals surface area contributed by atoms with Crippen molar-refractivity contribution in [1.82, 2.24) is 4.72 Å². The van der Waals surface area contributed by atoms with E-state index in [4.69, 9.17) is 5.73 Å². The summed E-state index contributed by atoms with van der Waals surface area (Å²) in [5, 5.41) is 4.07. The number of aryl methyl sites for hydroxylation is 1. The molecule has 4 N–H and O–H groups in total. The van der Waals surface area contributed by atoms with E-state index in [2.05, 4.69) is 10.0 Å².